The summed E-state index contributed by atoms with van der Waals surface area (Å²) in [5.74, 6) is 1.32. The van der Waals surface area contributed by atoms with E-state index in [1.54, 1.807) is 11.8 Å². The van der Waals surface area contributed by atoms with Crippen molar-refractivity contribution >= 4 is 35.5 Å². The van der Waals surface area contributed by atoms with Crippen molar-refractivity contribution in [3.8, 4) is 0 Å². The van der Waals surface area contributed by atoms with E-state index in [-0.39, 0.29) is 5.91 Å². The van der Waals surface area contributed by atoms with E-state index in [4.69, 9.17) is 0 Å². The largest absolute Gasteiger partial charge is 0.322 e. The van der Waals surface area contributed by atoms with Crippen molar-refractivity contribution in [2.45, 2.75) is 10.9 Å². The third kappa shape index (κ3) is 5.46. The van der Waals surface area contributed by atoms with Gasteiger partial charge in [0.2, 0.25) is 5.16 Å². The molecule has 30 heavy (non-hydrogen) atoms. The number of amides is 1. The fourth-order valence-electron chi connectivity index (χ4n) is 2.76. The second kappa shape index (κ2) is 9.71. The molecule has 2 N–H and O–H groups in total. The topological polar surface area (TPSA) is 70.7 Å². The molecule has 1 heterocycles. The quantitative estimate of drug-likeness (QED) is 0.392. The minimum Gasteiger partial charge on any atom is -0.322 e. The van der Waals surface area contributed by atoms with E-state index in [9.17, 15) is 4.79 Å². The Hall–Kier alpha value is -3.64. The van der Waals surface area contributed by atoms with E-state index < -0.39 is 0 Å². The van der Waals surface area contributed by atoms with Gasteiger partial charge in [-0.1, -0.05) is 78.5 Å². The number of benzene rings is 3. The SMILES string of the molecule is O=C(Nc1ccccc1)c1ccc(CSc2n[nH]c(/C=C/c3ccccc3)n2)cc1. The van der Waals surface area contributed by atoms with Gasteiger partial charge in [0, 0.05) is 17.0 Å². The lowest BCUT2D eigenvalue weighted by molar-refractivity contribution is 0.102. The van der Waals surface area contributed by atoms with Crippen molar-refractivity contribution in [2.24, 2.45) is 0 Å². The van der Waals surface area contributed by atoms with E-state index in [1.807, 2.05) is 97.1 Å². The lowest BCUT2D eigenvalue weighted by Gasteiger charge is -2.06. The van der Waals surface area contributed by atoms with Crippen LogP contribution in [0.4, 0.5) is 5.69 Å². The molecule has 0 fully saturated rings. The van der Waals surface area contributed by atoms with Crippen molar-refractivity contribution in [3.63, 3.8) is 0 Å². The van der Waals surface area contributed by atoms with Crippen molar-refractivity contribution in [2.75, 3.05) is 5.32 Å². The standard InChI is InChI=1S/C24H20N4OS/c29-23(25-21-9-5-2-6-10-21)20-14-11-19(12-15-20)17-30-24-26-22(27-28-24)16-13-18-7-3-1-4-8-18/h1-16H,17H2,(H,25,29)(H,26,27,28)/b16-13+. The average Bonchev–Trinajstić information content (AvgIpc) is 3.26. The first-order valence-corrected chi connectivity index (χ1v) is 10.5. The smallest absolute Gasteiger partial charge is 0.255 e. The normalized spacial score (nSPS) is 10.9. The number of nitrogens with zero attached hydrogens (tertiary/aromatic N) is 2. The Bertz CT molecular complexity index is 1120. The molecular formula is C24H20N4OS. The molecule has 4 rings (SSSR count). The third-order valence-electron chi connectivity index (χ3n) is 4.33. The molecule has 4 aromatic rings. The van der Waals surface area contributed by atoms with E-state index in [2.05, 4.69) is 20.5 Å². The molecular weight excluding hydrogens is 392 g/mol. The molecule has 0 atom stereocenters. The number of para-hydroxylation sites is 1. The van der Waals surface area contributed by atoms with Crippen LogP contribution in [0.25, 0.3) is 12.2 Å². The highest BCUT2D eigenvalue weighted by atomic mass is 32.2. The summed E-state index contributed by atoms with van der Waals surface area (Å²) in [6, 6.07) is 27.1. The van der Waals surface area contributed by atoms with Crippen molar-refractivity contribution in [1.29, 1.82) is 0 Å². The summed E-state index contributed by atoms with van der Waals surface area (Å²) < 4.78 is 0. The molecule has 5 nitrogen and oxygen atoms in total. The minimum absolute atomic E-state index is 0.121. The van der Waals surface area contributed by atoms with Gasteiger partial charge in [-0.3, -0.25) is 9.89 Å². The van der Waals surface area contributed by atoms with Gasteiger partial charge < -0.3 is 5.32 Å². The van der Waals surface area contributed by atoms with Crippen LogP contribution in [0, 0.1) is 0 Å². The zero-order valence-corrected chi connectivity index (χ0v) is 17.0. The number of nitrogens with one attached hydrogen (secondary N) is 2. The average molecular weight is 413 g/mol. The Morgan fingerprint density at radius 2 is 1.60 bits per heavy atom. The number of hydrogen-bond donors (Lipinski definition) is 2. The molecule has 1 aromatic heterocycles. The second-order valence-corrected chi connectivity index (χ2v) is 7.50. The number of hydrogen-bond acceptors (Lipinski definition) is 4. The number of carbonyl (C=O) groups is 1. The van der Waals surface area contributed by atoms with Crippen LogP contribution < -0.4 is 5.32 Å². The van der Waals surface area contributed by atoms with E-state index >= 15 is 0 Å². The van der Waals surface area contributed by atoms with Crippen LogP contribution in [0.1, 0.15) is 27.3 Å². The Balaban J connectivity index is 1.31. The molecule has 6 heteroatoms. The molecule has 0 radical (unpaired) electrons. The van der Waals surface area contributed by atoms with Gasteiger partial charge in [-0.25, -0.2) is 4.98 Å². The molecule has 0 aliphatic heterocycles. The van der Waals surface area contributed by atoms with Crippen molar-refractivity contribution < 1.29 is 4.79 Å². The Kier molecular flexibility index (Phi) is 6.37. The molecule has 0 aliphatic carbocycles. The van der Waals surface area contributed by atoms with Crippen molar-refractivity contribution in [1.82, 2.24) is 15.2 Å². The number of carbonyl (C=O) groups excluding carboxylic acids is 1. The number of thioether (sulfide) groups is 1. The zero-order chi connectivity index (χ0) is 20.6. The predicted octanol–water partition coefficient (Wildman–Crippen LogP) is 5.52. The summed E-state index contributed by atoms with van der Waals surface area (Å²) in [6.45, 7) is 0. The van der Waals surface area contributed by atoms with E-state index in [0.29, 0.717) is 16.5 Å². The maximum Gasteiger partial charge on any atom is 0.255 e. The van der Waals surface area contributed by atoms with Gasteiger partial charge in [-0.05, 0) is 41.5 Å². The van der Waals surface area contributed by atoms with Gasteiger partial charge in [0.25, 0.3) is 5.91 Å². The number of anilines is 1. The minimum atomic E-state index is -0.121. The first kappa shape index (κ1) is 19.7. The van der Waals surface area contributed by atoms with Crippen LogP contribution in [0.15, 0.2) is 90.1 Å². The molecule has 1 amide bonds. The van der Waals surface area contributed by atoms with Gasteiger partial charge in [0.1, 0.15) is 5.82 Å². The van der Waals surface area contributed by atoms with Crippen LogP contribution in [-0.2, 0) is 5.75 Å². The lowest BCUT2D eigenvalue weighted by atomic mass is 10.1. The highest BCUT2D eigenvalue weighted by molar-refractivity contribution is 7.98. The summed E-state index contributed by atoms with van der Waals surface area (Å²) in [5, 5.41) is 10.8. The zero-order valence-electron chi connectivity index (χ0n) is 16.2. The summed E-state index contributed by atoms with van der Waals surface area (Å²) >= 11 is 1.54. The Morgan fingerprint density at radius 1 is 0.900 bits per heavy atom. The highest BCUT2D eigenvalue weighted by Gasteiger charge is 2.07. The second-order valence-electron chi connectivity index (χ2n) is 6.55. The molecule has 0 saturated heterocycles. The van der Waals surface area contributed by atoms with Crippen LogP contribution in [0.2, 0.25) is 0 Å². The van der Waals surface area contributed by atoms with Crippen molar-refractivity contribution in [3.05, 3.63) is 107 Å². The van der Waals surface area contributed by atoms with Gasteiger partial charge in [0.05, 0.1) is 0 Å². The number of H-pyrrole nitrogens is 1. The molecule has 0 saturated carbocycles. The van der Waals surface area contributed by atoms with E-state index in [0.717, 1.165) is 22.6 Å². The van der Waals surface area contributed by atoms with Gasteiger partial charge in [-0.2, -0.15) is 0 Å². The maximum absolute atomic E-state index is 12.3. The number of rotatable bonds is 7. The first-order chi connectivity index (χ1) is 14.8. The van der Waals surface area contributed by atoms with Crippen LogP contribution in [-0.4, -0.2) is 21.1 Å². The first-order valence-electron chi connectivity index (χ1n) is 9.50. The predicted molar refractivity (Wildman–Crippen MR) is 122 cm³/mol. The fraction of sp³-hybridized carbons (Fsp3) is 0.0417. The number of aromatic amines is 1. The molecule has 148 valence electrons. The van der Waals surface area contributed by atoms with Gasteiger partial charge >= 0.3 is 0 Å². The number of aromatic nitrogens is 3. The molecule has 0 unspecified atom stereocenters. The van der Waals surface area contributed by atoms with Gasteiger partial charge in [-0.15, -0.1) is 5.10 Å². The monoisotopic (exact) mass is 412 g/mol. The molecule has 3 aromatic carbocycles. The van der Waals surface area contributed by atoms with E-state index in [1.165, 1.54) is 0 Å². The summed E-state index contributed by atoms with van der Waals surface area (Å²) in [5.41, 5.74) is 3.62. The summed E-state index contributed by atoms with van der Waals surface area (Å²) in [7, 11) is 0. The summed E-state index contributed by atoms with van der Waals surface area (Å²) in [4.78, 5) is 16.8. The fourth-order valence-corrected chi connectivity index (χ4v) is 3.52. The van der Waals surface area contributed by atoms with Crippen LogP contribution >= 0.6 is 11.8 Å². The maximum atomic E-state index is 12.3. The molecule has 0 aliphatic rings. The van der Waals surface area contributed by atoms with Crippen LogP contribution in [0.3, 0.4) is 0 Å². The lowest BCUT2D eigenvalue weighted by Crippen LogP contribution is -2.11. The van der Waals surface area contributed by atoms with Gasteiger partial charge in [0.15, 0.2) is 0 Å². The van der Waals surface area contributed by atoms with Crippen LogP contribution in [0.5, 0.6) is 0 Å². The Morgan fingerprint density at radius 3 is 2.33 bits per heavy atom. The molecule has 0 spiro atoms. The third-order valence-corrected chi connectivity index (χ3v) is 5.25. The Labute approximate surface area is 179 Å². The molecule has 0 bridgehead atoms. The highest BCUT2D eigenvalue weighted by Crippen LogP contribution is 2.20. The summed E-state index contributed by atoms with van der Waals surface area (Å²) in [6.07, 6.45) is 3.90.